The fourth-order valence-corrected chi connectivity index (χ4v) is 4.66. The van der Waals surface area contributed by atoms with Gasteiger partial charge in [-0.2, -0.15) is 0 Å². The van der Waals surface area contributed by atoms with E-state index in [1.54, 1.807) is 18.3 Å². The average molecular weight is 457 g/mol. The molecule has 1 aliphatic heterocycles. The van der Waals surface area contributed by atoms with Crippen molar-refractivity contribution in [1.82, 2.24) is 14.9 Å². The summed E-state index contributed by atoms with van der Waals surface area (Å²) in [5, 5.41) is 14.6. The molecule has 2 atom stereocenters. The number of anilines is 1. The van der Waals surface area contributed by atoms with Gasteiger partial charge in [-0.1, -0.05) is 18.2 Å². The van der Waals surface area contributed by atoms with Crippen molar-refractivity contribution in [2.45, 2.75) is 19.0 Å². The van der Waals surface area contributed by atoms with Gasteiger partial charge < -0.3 is 24.6 Å². The predicted molar refractivity (Wildman–Crippen MR) is 133 cm³/mol. The number of ether oxygens (including phenoxy) is 1. The van der Waals surface area contributed by atoms with Gasteiger partial charge in [-0.15, -0.1) is 0 Å². The quantitative estimate of drug-likeness (QED) is 0.391. The van der Waals surface area contributed by atoms with Gasteiger partial charge >= 0.3 is 0 Å². The van der Waals surface area contributed by atoms with Gasteiger partial charge in [0.2, 0.25) is 0 Å². The maximum atomic E-state index is 10.7. The highest BCUT2D eigenvalue weighted by atomic mass is 32.1. The van der Waals surface area contributed by atoms with E-state index in [9.17, 15) is 5.11 Å². The summed E-state index contributed by atoms with van der Waals surface area (Å²) in [6.07, 6.45) is 3.82. The van der Waals surface area contributed by atoms with E-state index in [1.807, 2.05) is 78.7 Å². The number of phenolic OH excluding ortho intramolecular Hbond substituents is 1. The summed E-state index contributed by atoms with van der Waals surface area (Å²) in [4.78, 5) is 6.58. The maximum Gasteiger partial charge on any atom is 0.174 e. The Bertz CT molecular complexity index is 1260. The van der Waals surface area contributed by atoms with Crippen molar-refractivity contribution < 1.29 is 9.84 Å². The predicted octanol–water partition coefficient (Wildman–Crippen LogP) is 5.15. The summed E-state index contributed by atoms with van der Waals surface area (Å²) in [7, 11) is 0. The Morgan fingerprint density at radius 2 is 1.79 bits per heavy atom. The highest BCUT2D eigenvalue weighted by molar-refractivity contribution is 7.80. The first-order valence-corrected chi connectivity index (χ1v) is 11.3. The van der Waals surface area contributed by atoms with Crippen LogP contribution in [-0.4, -0.2) is 26.4 Å². The Hall–Kier alpha value is -3.84. The number of phenols is 1. The van der Waals surface area contributed by atoms with Gasteiger partial charge in [-0.3, -0.25) is 4.98 Å². The number of nitrogens with one attached hydrogen (secondary N) is 1. The van der Waals surface area contributed by atoms with Crippen LogP contribution < -0.4 is 15.0 Å². The summed E-state index contributed by atoms with van der Waals surface area (Å²) in [6.45, 7) is 2.60. The Morgan fingerprint density at radius 1 is 1.00 bits per heavy atom. The molecule has 4 aromatic rings. The highest BCUT2D eigenvalue weighted by Crippen LogP contribution is 2.44. The van der Waals surface area contributed by atoms with Crippen LogP contribution >= 0.6 is 12.2 Å². The molecule has 2 N–H and O–H groups in total. The molecule has 166 valence electrons. The molecular formula is C26H24N4O2S. The SMILES string of the molecule is CCOc1ccc(-n2cccc2[C@H]2[C@@H](c3ccccn3)NC(=S)N2c2ccccc2O)cc1. The van der Waals surface area contributed by atoms with Crippen LogP contribution in [0.5, 0.6) is 11.5 Å². The first-order valence-electron chi connectivity index (χ1n) is 10.9. The number of rotatable bonds is 6. The molecule has 0 spiro atoms. The number of aromatic hydroxyl groups is 1. The summed E-state index contributed by atoms with van der Waals surface area (Å²) in [5.41, 5.74) is 3.55. The highest BCUT2D eigenvalue weighted by Gasteiger charge is 2.42. The molecular weight excluding hydrogens is 432 g/mol. The second-order valence-corrected chi connectivity index (χ2v) is 8.10. The Balaban J connectivity index is 1.63. The third-order valence-corrected chi connectivity index (χ3v) is 6.06. The van der Waals surface area contributed by atoms with Crippen LogP contribution in [0.25, 0.3) is 5.69 Å². The molecule has 5 rings (SSSR count). The third kappa shape index (κ3) is 3.91. The van der Waals surface area contributed by atoms with Gasteiger partial charge in [0.15, 0.2) is 5.11 Å². The van der Waals surface area contributed by atoms with Gasteiger partial charge in [-0.25, -0.2) is 0 Å². The van der Waals surface area contributed by atoms with Crippen LogP contribution in [0.15, 0.2) is 91.3 Å². The van der Waals surface area contributed by atoms with Crippen molar-refractivity contribution in [3.63, 3.8) is 0 Å². The lowest BCUT2D eigenvalue weighted by atomic mass is 10.0. The van der Waals surface area contributed by atoms with E-state index in [1.165, 1.54) is 0 Å². The van der Waals surface area contributed by atoms with Crippen LogP contribution in [0.3, 0.4) is 0 Å². The van der Waals surface area contributed by atoms with Crippen molar-refractivity contribution in [3.05, 3.63) is 103 Å². The van der Waals surface area contributed by atoms with Crippen LogP contribution in [0.1, 0.15) is 30.4 Å². The Kier molecular flexibility index (Phi) is 5.71. The van der Waals surface area contributed by atoms with Crippen molar-refractivity contribution in [2.75, 3.05) is 11.5 Å². The number of para-hydroxylation sites is 2. The lowest BCUT2D eigenvalue weighted by Crippen LogP contribution is -2.30. The molecule has 0 aliphatic carbocycles. The smallest absolute Gasteiger partial charge is 0.174 e. The second-order valence-electron chi connectivity index (χ2n) is 7.72. The first kappa shape index (κ1) is 21.0. The average Bonchev–Trinajstić information content (AvgIpc) is 3.45. The van der Waals surface area contributed by atoms with Crippen molar-refractivity contribution >= 4 is 23.0 Å². The first-order chi connectivity index (χ1) is 16.2. The molecule has 0 amide bonds. The topological polar surface area (TPSA) is 62.5 Å². The zero-order valence-corrected chi connectivity index (χ0v) is 18.9. The molecule has 6 nitrogen and oxygen atoms in total. The van der Waals surface area contributed by atoms with Gasteiger partial charge in [0.1, 0.15) is 17.5 Å². The fourth-order valence-electron chi connectivity index (χ4n) is 4.32. The molecule has 33 heavy (non-hydrogen) atoms. The minimum Gasteiger partial charge on any atom is -0.506 e. The lowest BCUT2D eigenvalue weighted by molar-refractivity contribution is 0.340. The van der Waals surface area contributed by atoms with Gasteiger partial charge in [0.25, 0.3) is 0 Å². The van der Waals surface area contributed by atoms with E-state index < -0.39 is 0 Å². The molecule has 0 unspecified atom stereocenters. The molecule has 2 aromatic carbocycles. The zero-order valence-electron chi connectivity index (χ0n) is 18.1. The number of benzene rings is 2. The number of thiocarbonyl (C=S) groups is 1. The molecule has 3 heterocycles. The lowest BCUT2D eigenvalue weighted by Gasteiger charge is -2.29. The summed E-state index contributed by atoms with van der Waals surface area (Å²) < 4.78 is 7.74. The maximum absolute atomic E-state index is 10.7. The van der Waals surface area contributed by atoms with Crippen LogP contribution in [-0.2, 0) is 0 Å². The van der Waals surface area contributed by atoms with Gasteiger partial charge in [0, 0.05) is 23.8 Å². The minimum absolute atomic E-state index is 0.174. The summed E-state index contributed by atoms with van der Waals surface area (Å²) in [5.74, 6) is 1.01. The van der Waals surface area contributed by atoms with Gasteiger partial charge in [-0.05, 0) is 79.8 Å². The van der Waals surface area contributed by atoms with E-state index in [0.29, 0.717) is 17.4 Å². The largest absolute Gasteiger partial charge is 0.506 e. The molecule has 7 heteroatoms. The van der Waals surface area contributed by atoms with E-state index >= 15 is 0 Å². The minimum atomic E-state index is -0.234. The monoisotopic (exact) mass is 456 g/mol. The van der Waals surface area contributed by atoms with E-state index in [4.69, 9.17) is 17.0 Å². The Morgan fingerprint density at radius 3 is 2.52 bits per heavy atom. The number of hydrogen-bond acceptors (Lipinski definition) is 4. The van der Waals surface area contributed by atoms with Crippen LogP contribution in [0.4, 0.5) is 5.69 Å². The number of nitrogens with zero attached hydrogens (tertiary/aromatic N) is 3. The Labute approximate surface area is 198 Å². The molecule has 2 aromatic heterocycles. The summed E-state index contributed by atoms with van der Waals surface area (Å²) >= 11 is 5.77. The number of aromatic nitrogens is 2. The zero-order chi connectivity index (χ0) is 22.8. The number of hydrogen-bond donors (Lipinski definition) is 2. The molecule has 1 saturated heterocycles. The van der Waals surface area contributed by atoms with E-state index in [-0.39, 0.29) is 17.8 Å². The molecule has 0 bridgehead atoms. The number of pyridine rings is 1. The van der Waals surface area contributed by atoms with Gasteiger partial charge in [0.05, 0.1) is 24.0 Å². The fraction of sp³-hybridized carbons (Fsp3) is 0.154. The second kappa shape index (κ2) is 8.96. The normalized spacial score (nSPS) is 17.7. The third-order valence-electron chi connectivity index (χ3n) is 5.75. The molecule has 1 fully saturated rings. The van der Waals surface area contributed by atoms with E-state index in [2.05, 4.69) is 20.9 Å². The van der Waals surface area contributed by atoms with Crippen molar-refractivity contribution in [1.29, 1.82) is 0 Å². The molecule has 0 saturated carbocycles. The van der Waals surface area contributed by atoms with Crippen LogP contribution in [0, 0.1) is 0 Å². The molecule has 1 aliphatic rings. The standard InChI is InChI=1S/C26H24N4O2S/c1-2-32-19-14-12-18(13-15-19)29-17-7-10-22(29)25-24(20-8-5-6-16-27-20)28-26(33)30(25)21-9-3-4-11-23(21)31/h3-17,24-25,31H,2H2,1H3,(H,28,33)/t24-,25+/m1/s1. The van der Waals surface area contributed by atoms with Crippen molar-refractivity contribution in [2.24, 2.45) is 0 Å². The van der Waals surface area contributed by atoms with Crippen molar-refractivity contribution in [3.8, 4) is 17.2 Å². The molecule has 0 radical (unpaired) electrons. The van der Waals surface area contributed by atoms with E-state index in [0.717, 1.165) is 22.8 Å². The summed E-state index contributed by atoms with van der Waals surface area (Å²) in [6, 6.07) is 24.8. The van der Waals surface area contributed by atoms with Crippen LogP contribution in [0.2, 0.25) is 0 Å².